The number of aliphatic hydroxyl groups excluding tert-OH is 1. The minimum Gasteiger partial charge on any atom is -0.394 e. The second kappa shape index (κ2) is 4.97. The van der Waals surface area contributed by atoms with Crippen LogP contribution in [0.25, 0.3) is 0 Å². The van der Waals surface area contributed by atoms with Crippen molar-refractivity contribution in [3.8, 4) is 0 Å². The molecule has 18 heavy (non-hydrogen) atoms. The van der Waals surface area contributed by atoms with E-state index in [0.29, 0.717) is 6.04 Å². The van der Waals surface area contributed by atoms with Gasteiger partial charge in [-0.1, -0.05) is 6.42 Å². The molecule has 0 spiro atoms. The Kier molecular flexibility index (Phi) is 3.35. The van der Waals surface area contributed by atoms with E-state index in [1.54, 1.807) is 0 Å². The maximum atomic E-state index is 9.41. The van der Waals surface area contributed by atoms with E-state index in [2.05, 4.69) is 17.0 Å². The van der Waals surface area contributed by atoms with Crippen molar-refractivity contribution < 1.29 is 5.11 Å². The van der Waals surface area contributed by atoms with Crippen molar-refractivity contribution >= 4 is 0 Å². The molecule has 0 bridgehead atoms. The van der Waals surface area contributed by atoms with Crippen molar-refractivity contribution in [3.63, 3.8) is 0 Å². The van der Waals surface area contributed by atoms with Gasteiger partial charge < -0.3 is 5.11 Å². The van der Waals surface area contributed by atoms with Crippen LogP contribution in [0.3, 0.4) is 0 Å². The van der Waals surface area contributed by atoms with Crippen LogP contribution in [0.5, 0.6) is 0 Å². The summed E-state index contributed by atoms with van der Waals surface area (Å²) in [6, 6.07) is 0.514. The second-order valence-corrected chi connectivity index (χ2v) is 5.55. The van der Waals surface area contributed by atoms with E-state index in [1.807, 2.05) is 4.68 Å². The summed E-state index contributed by atoms with van der Waals surface area (Å²) in [5.74, 6) is 2.03. The number of nitrogens with zero attached hydrogens (tertiary/aromatic N) is 4. The Morgan fingerprint density at radius 1 is 1.28 bits per heavy atom. The molecule has 0 aromatic carbocycles. The van der Waals surface area contributed by atoms with E-state index < -0.39 is 0 Å². The summed E-state index contributed by atoms with van der Waals surface area (Å²) in [4.78, 5) is 7.08. The van der Waals surface area contributed by atoms with E-state index >= 15 is 0 Å². The summed E-state index contributed by atoms with van der Waals surface area (Å²) in [7, 11) is 2.16. The standard InChI is InChI=1S/C13H22N4O/c1-16-8-3-2-6-11(16)13-14-12-7-4-5-10(9-18)17(12)15-13/h10-11,18H,2-9H2,1H3. The van der Waals surface area contributed by atoms with Crippen molar-refractivity contribution in [2.45, 2.75) is 50.6 Å². The van der Waals surface area contributed by atoms with Crippen molar-refractivity contribution in [1.29, 1.82) is 0 Å². The molecule has 1 saturated heterocycles. The molecule has 5 nitrogen and oxygen atoms in total. The van der Waals surface area contributed by atoms with Crippen molar-refractivity contribution in [3.05, 3.63) is 11.6 Å². The van der Waals surface area contributed by atoms with Crippen LogP contribution in [0.15, 0.2) is 0 Å². The summed E-state index contributed by atoms with van der Waals surface area (Å²) in [5.41, 5.74) is 0. The lowest BCUT2D eigenvalue weighted by molar-refractivity contribution is 0.174. The van der Waals surface area contributed by atoms with Gasteiger partial charge in [-0.3, -0.25) is 4.90 Å². The molecule has 2 atom stereocenters. The fraction of sp³-hybridized carbons (Fsp3) is 0.846. The zero-order valence-corrected chi connectivity index (χ0v) is 11.0. The molecular formula is C13H22N4O. The van der Waals surface area contributed by atoms with Gasteiger partial charge in [-0.25, -0.2) is 9.67 Å². The first-order valence-corrected chi connectivity index (χ1v) is 7.06. The summed E-state index contributed by atoms with van der Waals surface area (Å²) >= 11 is 0. The molecule has 0 radical (unpaired) electrons. The van der Waals surface area contributed by atoms with Gasteiger partial charge in [-0.15, -0.1) is 0 Å². The second-order valence-electron chi connectivity index (χ2n) is 5.55. The van der Waals surface area contributed by atoms with Gasteiger partial charge in [0.2, 0.25) is 0 Å². The zero-order valence-electron chi connectivity index (χ0n) is 11.0. The highest BCUT2D eigenvalue weighted by Gasteiger charge is 2.28. The molecule has 2 unspecified atom stereocenters. The van der Waals surface area contributed by atoms with E-state index in [1.165, 1.54) is 12.8 Å². The molecule has 5 heteroatoms. The predicted molar refractivity (Wildman–Crippen MR) is 68.3 cm³/mol. The third-order valence-electron chi connectivity index (χ3n) is 4.28. The van der Waals surface area contributed by atoms with E-state index in [4.69, 9.17) is 4.98 Å². The van der Waals surface area contributed by atoms with Crippen LogP contribution < -0.4 is 0 Å². The zero-order chi connectivity index (χ0) is 12.5. The molecule has 3 rings (SSSR count). The Balaban J connectivity index is 1.87. The molecule has 1 aromatic heterocycles. The Morgan fingerprint density at radius 3 is 2.94 bits per heavy atom. The predicted octanol–water partition coefficient (Wildman–Crippen LogP) is 1.30. The van der Waals surface area contributed by atoms with Crippen LogP contribution in [-0.2, 0) is 6.42 Å². The molecular weight excluding hydrogens is 228 g/mol. The number of aromatic nitrogens is 3. The number of aryl methyl sites for hydroxylation is 1. The normalized spacial score (nSPS) is 29.2. The van der Waals surface area contributed by atoms with Crippen LogP contribution >= 0.6 is 0 Å². The van der Waals surface area contributed by atoms with E-state index in [9.17, 15) is 5.11 Å². The monoisotopic (exact) mass is 250 g/mol. The lowest BCUT2D eigenvalue weighted by atomic mass is 10.0. The molecule has 1 N–H and O–H groups in total. The highest BCUT2D eigenvalue weighted by atomic mass is 16.3. The Bertz CT molecular complexity index is 417. The highest BCUT2D eigenvalue weighted by molar-refractivity contribution is 5.03. The molecule has 0 aliphatic carbocycles. The molecule has 1 fully saturated rings. The third kappa shape index (κ3) is 2.06. The first-order valence-electron chi connectivity index (χ1n) is 7.06. The van der Waals surface area contributed by atoms with Gasteiger partial charge in [-0.2, -0.15) is 5.10 Å². The van der Waals surface area contributed by atoms with Gasteiger partial charge in [0.05, 0.1) is 18.7 Å². The van der Waals surface area contributed by atoms with Gasteiger partial charge in [0, 0.05) is 6.42 Å². The average Bonchev–Trinajstić information content (AvgIpc) is 2.82. The van der Waals surface area contributed by atoms with Gasteiger partial charge in [-0.05, 0) is 39.3 Å². The summed E-state index contributed by atoms with van der Waals surface area (Å²) in [6.45, 7) is 1.31. The molecule has 100 valence electrons. The number of piperidine rings is 1. The number of hydrogen-bond donors (Lipinski definition) is 1. The Hall–Kier alpha value is -0.940. The SMILES string of the molecule is CN1CCCCC1c1nc2n(n1)C(CO)CCC2. The largest absolute Gasteiger partial charge is 0.394 e. The van der Waals surface area contributed by atoms with Crippen LogP contribution in [0.2, 0.25) is 0 Å². The average molecular weight is 250 g/mol. The molecule has 1 aromatic rings. The van der Waals surface area contributed by atoms with Gasteiger partial charge in [0.25, 0.3) is 0 Å². The van der Waals surface area contributed by atoms with Crippen molar-refractivity contribution in [1.82, 2.24) is 19.7 Å². The summed E-state index contributed by atoms with van der Waals surface area (Å²) in [5, 5.41) is 14.1. The fourth-order valence-corrected chi connectivity index (χ4v) is 3.17. The van der Waals surface area contributed by atoms with Crippen LogP contribution in [-0.4, -0.2) is 45.0 Å². The minimum absolute atomic E-state index is 0.142. The van der Waals surface area contributed by atoms with Crippen LogP contribution in [0.4, 0.5) is 0 Å². The van der Waals surface area contributed by atoms with E-state index in [-0.39, 0.29) is 12.6 Å². The molecule has 3 heterocycles. The first kappa shape index (κ1) is 12.1. The molecule has 2 aliphatic rings. The van der Waals surface area contributed by atoms with Gasteiger partial charge >= 0.3 is 0 Å². The minimum atomic E-state index is 0.142. The maximum Gasteiger partial charge on any atom is 0.168 e. The van der Waals surface area contributed by atoms with Crippen LogP contribution in [0.1, 0.15) is 55.8 Å². The summed E-state index contributed by atoms with van der Waals surface area (Å²) in [6.07, 6.45) is 6.84. The number of hydrogen-bond acceptors (Lipinski definition) is 4. The number of rotatable bonds is 2. The lowest BCUT2D eigenvalue weighted by Crippen LogP contribution is -2.30. The number of likely N-dealkylation sites (tertiary alicyclic amines) is 1. The number of fused-ring (bicyclic) bond motifs is 1. The Labute approximate surface area is 108 Å². The third-order valence-corrected chi connectivity index (χ3v) is 4.28. The van der Waals surface area contributed by atoms with Gasteiger partial charge in [0.15, 0.2) is 5.82 Å². The molecule has 0 amide bonds. The van der Waals surface area contributed by atoms with Crippen LogP contribution in [0, 0.1) is 0 Å². The molecule has 2 aliphatic heterocycles. The lowest BCUT2D eigenvalue weighted by Gasteiger charge is -2.30. The Morgan fingerprint density at radius 2 is 2.17 bits per heavy atom. The van der Waals surface area contributed by atoms with E-state index in [0.717, 1.165) is 43.9 Å². The van der Waals surface area contributed by atoms with Crippen molar-refractivity contribution in [2.75, 3.05) is 20.2 Å². The maximum absolute atomic E-state index is 9.41. The fourth-order valence-electron chi connectivity index (χ4n) is 3.17. The molecule has 0 saturated carbocycles. The smallest absolute Gasteiger partial charge is 0.168 e. The topological polar surface area (TPSA) is 54.2 Å². The van der Waals surface area contributed by atoms with Gasteiger partial charge in [0.1, 0.15) is 5.82 Å². The quantitative estimate of drug-likeness (QED) is 0.859. The van der Waals surface area contributed by atoms with Crippen molar-refractivity contribution in [2.24, 2.45) is 0 Å². The number of aliphatic hydroxyl groups is 1. The first-order chi connectivity index (χ1) is 8.79. The summed E-state index contributed by atoms with van der Waals surface area (Å²) < 4.78 is 1.97. The highest BCUT2D eigenvalue weighted by Crippen LogP contribution is 2.30.